The molecule has 1 saturated heterocycles. The smallest absolute Gasteiger partial charge is 0.322 e. The van der Waals surface area contributed by atoms with Gasteiger partial charge in [-0.2, -0.15) is 0 Å². The van der Waals surface area contributed by atoms with Gasteiger partial charge in [0.1, 0.15) is 6.54 Å². The lowest BCUT2D eigenvalue weighted by atomic mass is 9.87. The summed E-state index contributed by atoms with van der Waals surface area (Å²) in [5, 5.41) is 6.11. The largest absolute Gasteiger partial charge is 0.374 e. The first-order valence-electron chi connectivity index (χ1n) is 8.83. The normalized spacial score (nSPS) is 25.8. The molecule has 2 N–H and O–H groups in total. The number of benzene rings is 1. The third-order valence-electron chi connectivity index (χ3n) is 5.55. The number of piperazine rings is 1. The van der Waals surface area contributed by atoms with Gasteiger partial charge in [-0.15, -0.1) is 0 Å². The van der Waals surface area contributed by atoms with E-state index in [4.69, 9.17) is 0 Å². The topological polar surface area (TPSA) is 64.7 Å². The van der Waals surface area contributed by atoms with Crippen molar-refractivity contribution in [2.75, 3.05) is 30.4 Å². The van der Waals surface area contributed by atoms with Gasteiger partial charge in [0.05, 0.1) is 6.04 Å². The molecule has 6 heteroatoms. The highest BCUT2D eigenvalue weighted by Crippen LogP contribution is 2.33. The molecular formula is C18H24N4O2. The lowest BCUT2D eigenvalue weighted by Gasteiger charge is -2.43. The summed E-state index contributed by atoms with van der Waals surface area (Å²) in [5.41, 5.74) is 3.25. The van der Waals surface area contributed by atoms with Crippen molar-refractivity contribution in [2.24, 2.45) is 0 Å². The van der Waals surface area contributed by atoms with Crippen LogP contribution in [0.2, 0.25) is 0 Å². The standard InChI is InChI=1S/C18H24N4O2/c1-21-10-9-12-13(6-4-8-15(12)21)20-18(24)22-11-17(23)19-14-5-2-3-7-16(14)22/h4,6,8,14,16H,2-3,5,7,9-11H2,1H3,(H,19,23)(H,20,24). The second kappa shape index (κ2) is 6.00. The average molecular weight is 328 g/mol. The highest BCUT2D eigenvalue weighted by Gasteiger charge is 2.39. The molecule has 2 heterocycles. The van der Waals surface area contributed by atoms with Gasteiger partial charge in [-0.1, -0.05) is 18.9 Å². The number of rotatable bonds is 1. The molecule has 3 amide bonds. The van der Waals surface area contributed by atoms with E-state index in [0.29, 0.717) is 0 Å². The number of likely N-dealkylation sites (N-methyl/N-ethyl adjacent to an activating group) is 1. The van der Waals surface area contributed by atoms with Crippen LogP contribution >= 0.6 is 0 Å². The van der Waals surface area contributed by atoms with Crippen LogP contribution in [-0.4, -0.2) is 49.1 Å². The van der Waals surface area contributed by atoms with Crippen molar-refractivity contribution in [3.8, 4) is 0 Å². The number of carbonyl (C=O) groups excluding carboxylic acids is 2. The van der Waals surface area contributed by atoms with Crippen molar-refractivity contribution >= 4 is 23.3 Å². The second-order valence-corrected chi connectivity index (χ2v) is 7.06. The monoisotopic (exact) mass is 328 g/mol. The number of carbonyl (C=O) groups is 2. The Labute approximate surface area is 142 Å². The SMILES string of the molecule is CN1CCc2c(NC(=O)N3CC(=O)NC4CCCCC43)cccc21. The molecule has 0 spiro atoms. The minimum atomic E-state index is -0.148. The number of nitrogens with one attached hydrogen (secondary N) is 2. The molecule has 0 bridgehead atoms. The zero-order valence-electron chi connectivity index (χ0n) is 14.0. The van der Waals surface area contributed by atoms with E-state index in [0.717, 1.165) is 44.3 Å². The fourth-order valence-electron chi connectivity index (χ4n) is 4.30. The van der Waals surface area contributed by atoms with E-state index < -0.39 is 0 Å². The summed E-state index contributed by atoms with van der Waals surface area (Å²) in [6.07, 6.45) is 5.11. The van der Waals surface area contributed by atoms with Gasteiger partial charge in [0.15, 0.2) is 0 Å². The number of hydrogen-bond acceptors (Lipinski definition) is 3. The fourth-order valence-corrected chi connectivity index (χ4v) is 4.30. The van der Waals surface area contributed by atoms with Crippen LogP contribution in [0.3, 0.4) is 0 Å². The summed E-state index contributed by atoms with van der Waals surface area (Å²) in [5.74, 6) is -0.0497. The van der Waals surface area contributed by atoms with E-state index in [2.05, 4.69) is 28.6 Å². The molecule has 2 fully saturated rings. The van der Waals surface area contributed by atoms with Crippen LogP contribution in [-0.2, 0) is 11.2 Å². The Hall–Kier alpha value is -2.24. The van der Waals surface area contributed by atoms with Crippen LogP contribution in [0.5, 0.6) is 0 Å². The fraction of sp³-hybridized carbons (Fsp3) is 0.556. The molecule has 0 radical (unpaired) electrons. The van der Waals surface area contributed by atoms with Crippen molar-refractivity contribution in [2.45, 2.75) is 44.2 Å². The van der Waals surface area contributed by atoms with Gasteiger partial charge in [-0.3, -0.25) is 4.79 Å². The molecule has 2 aliphatic heterocycles. The van der Waals surface area contributed by atoms with Crippen molar-refractivity contribution in [3.63, 3.8) is 0 Å². The predicted molar refractivity (Wildman–Crippen MR) is 93.3 cm³/mol. The van der Waals surface area contributed by atoms with Gasteiger partial charge in [0.2, 0.25) is 5.91 Å². The molecule has 24 heavy (non-hydrogen) atoms. The van der Waals surface area contributed by atoms with E-state index in [-0.39, 0.29) is 30.6 Å². The van der Waals surface area contributed by atoms with Gasteiger partial charge in [-0.25, -0.2) is 4.79 Å². The Bertz CT molecular complexity index is 675. The number of nitrogens with zero attached hydrogens (tertiary/aromatic N) is 2. The first-order chi connectivity index (χ1) is 11.6. The first-order valence-corrected chi connectivity index (χ1v) is 8.83. The van der Waals surface area contributed by atoms with Crippen LogP contribution < -0.4 is 15.5 Å². The molecule has 3 aliphatic rings. The summed E-state index contributed by atoms with van der Waals surface area (Å²) in [7, 11) is 2.07. The van der Waals surface area contributed by atoms with Crippen LogP contribution in [0.15, 0.2) is 18.2 Å². The molecule has 2 unspecified atom stereocenters. The molecule has 0 aromatic heterocycles. The second-order valence-electron chi connectivity index (χ2n) is 7.06. The Kier molecular flexibility index (Phi) is 3.82. The molecule has 6 nitrogen and oxygen atoms in total. The number of fused-ring (bicyclic) bond motifs is 2. The zero-order chi connectivity index (χ0) is 16.7. The van der Waals surface area contributed by atoms with E-state index >= 15 is 0 Å². The highest BCUT2D eigenvalue weighted by molar-refractivity contribution is 5.95. The maximum Gasteiger partial charge on any atom is 0.322 e. The third kappa shape index (κ3) is 2.60. The molecule has 1 aliphatic carbocycles. The zero-order valence-corrected chi connectivity index (χ0v) is 14.0. The summed E-state index contributed by atoms with van der Waals surface area (Å²) in [4.78, 5) is 28.8. The number of anilines is 2. The predicted octanol–water partition coefficient (Wildman–Crippen LogP) is 1.95. The third-order valence-corrected chi connectivity index (χ3v) is 5.55. The summed E-state index contributed by atoms with van der Waals surface area (Å²) in [6, 6.07) is 6.10. The summed E-state index contributed by atoms with van der Waals surface area (Å²) in [6.45, 7) is 1.13. The van der Waals surface area contributed by atoms with Crippen molar-refractivity contribution < 1.29 is 9.59 Å². The lowest BCUT2D eigenvalue weighted by Crippen LogP contribution is -2.63. The van der Waals surface area contributed by atoms with Gasteiger partial charge in [0, 0.05) is 36.6 Å². The molecule has 2 atom stereocenters. The number of hydrogen-bond donors (Lipinski definition) is 2. The minimum Gasteiger partial charge on any atom is -0.374 e. The van der Waals surface area contributed by atoms with Gasteiger partial charge in [-0.05, 0) is 31.4 Å². The number of amides is 3. The maximum absolute atomic E-state index is 12.9. The molecule has 128 valence electrons. The van der Waals surface area contributed by atoms with Gasteiger partial charge >= 0.3 is 6.03 Å². The van der Waals surface area contributed by atoms with Crippen molar-refractivity contribution in [3.05, 3.63) is 23.8 Å². The first kappa shape index (κ1) is 15.3. The number of urea groups is 1. The van der Waals surface area contributed by atoms with Crippen LogP contribution in [0, 0.1) is 0 Å². The average Bonchev–Trinajstić information content (AvgIpc) is 2.96. The van der Waals surface area contributed by atoms with E-state index in [1.165, 1.54) is 11.3 Å². The Balaban J connectivity index is 1.55. The van der Waals surface area contributed by atoms with Crippen molar-refractivity contribution in [1.29, 1.82) is 0 Å². The molecule has 4 rings (SSSR count). The van der Waals surface area contributed by atoms with Gasteiger partial charge in [0.25, 0.3) is 0 Å². The molecular weight excluding hydrogens is 304 g/mol. The van der Waals surface area contributed by atoms with E-state index in [1.807, 2.05) is 12.1 Å². The lowest BCUT2D eigenvalue weighted by molar-refractivity contribution is -0.126. The Morgan fingerprint density at radius 3 is 3.00 bits per heavy atom. The van der Waals surface area contributed by atoms with E-state index in [1.54, 1.807) is 4.90 Å². The summed E-state index contributed by atoms with van der Waals surface area (Å²) >= 11 is 0. The van der Waals surface area contributed by atoms with Gasteiger partial charge < -0.3 is 20.4 Å². The van der Waals surface area contributed by atoms with Crippen LogP contribution in [0.4, 0.5) is 16.2 Å². The van der Waals surface area contributed by atoms with Crippen LogP contribution in [0.25, 0.3) is 0 Å². The Morgan fingerprint density at radius 2 is 2.12 bits per heavy atom. The molecule has 1 saturated carbocycles. The van der Waals surface area contributed by atoms with Crippen molar-refractivity contribution in [1.82, 2.24) is 10.2 Å². The highest BCUT2D eigenvalue weighted by atomic mass is 16.2. The quantitative estimate of drug-likeness (QED) is 0.828. The summed E-state index contributed by atoms with van der Waals surface area (Å²) < 4.78 is 0. The van der Waals surface area contributed by atoms with Crippen LogP contribution in [0.1, 0.15) is 31.2 Å². The maximum atomic E-state index is 12.9. The van der Waals surface area contributed by atoms with E-state index in [9.17, 15) is 9.59 Å². The molecule has 1 aromatic rings. The Morgan fingerprint density at radius 1 is 1.29 bits per heavy atom. The molecule has 1 aromatic carbocycles. The minimum absolute atomic E-state index is 0.0497.